The van der Waals surface area contributed by atoms with Crippen LogP contribution in [-0.2, 0) is 0 Å². The number of carbonyl (C=O) groups is 1. The zero-order valence-electron chi connectivity index (χ0n) is 10.0. The average molecular weight is 254 g/mol. The van der Waals surface area contributed by atoms with Crippen molar-refractivity contribution in [2.75, 3.05) is 26.7 Å². The van der Waals surface area contributed by atoms with Gasteiger partial charge in [0.15, 0.2) is 0 Å². The van der Waals surface area contributed by atoms with Crippen LogP contribution in [-0.4, -0.2) is 37.6 Å². The molecule has 0 atom stereocenters. The molecule has 1 aliphatic heterocycles. The molecule has 1 aromatic heterocycles. The van der Waals surface area contributed by atoms with Gasteiger partial charge < -0.3 is 15.4 Å². The van der Waals surface area contributed by atoms with Crippen molar-refractivity contribution in [3.8, 4) is 5.75 Å². The average Bonchev–Trinajstić information content (AvgIpc) is 2.86. The van der Waals surface area contributed by atoms with Crippen LogP contribution in [0.4, 0.5) is 0 Å². The van der Waals surface area contributed by atoms with Gasteiger partial charge in [-0.15, -0.1) is 11.3 Å². The lowest BCUT2D eigenvalue weighted by Crippen LogP contribution is -2.39. The molecule has 2 N–H and O–H groups in total. The number of rotatable bonds is 3. The number of ether oxygens (including phenoxy) is 1. The normalized spacial score (nSPS) is 17.2. The maximum atomic E-state index is 12.3. The van der Waals surface area contributed by atoms with Gasteiger partial charge in [-0.2, -0.15) is 0 Å². The minimum absolute atomic E-state index is 0.0901. The van der Waals surface area contributed by atoms with Crippen LogP contribution in [0.1, 0.15) is 22.5 Å². The van der Waals surface area contributed by atoms with Crippen molar-refractivity contribution in [1.82, 2.24) is 4.90 Å². The Hall–Kier alpha value is -1.07. The zero-order chi connectivity index (χ0) is 12.3. The number of methoxy groups -OCH3 is 1. The summed E-state index contributed by atoms with van der Waals surface area (Å²) in [6.45, 7) is 2.34. The van der Waals surface area contributed by atoms with Gasteiger partial charge in [-0.05, 0) is 36.8 Å². The second kappa shape index (κ2) is 5.51. The Balaban J connectivity index is 2.02. The summed E-state index contributed by atoms with van der Waals surface area (Å²) in [4.78, 5) is 14.9. The van der Waals surface area contributed by atoms with Crippen molar-refractivity contribution in [3.05, 3.63) is 16.3 Å². The molecule has 0 radical (unpaired) electrons. The van der Waals surface area contributed by atoms with Crippen LogP contribution in [0.5, 0.6) is 5.75 Å². The van der Waals surface area contributed by atoms with Crippen molar-refractivity contribution in [1.29, 1.82) is 0 Å². The molecule has 1 fully saturated rings. The summed E-state index contributed by atoms with van der Waals surface area (Å²) in [7, 11) is 1.60. The second-order valence-corrected chi connectivity index (χ2v) is 5.21. The number of carbonyl (C=O) groups excluding carboxylic acids is 1. The lowest BCUT2D eigenvalue weighted by atomic mass is 9.97. The lowest BCUT2D eigenvalue weighted by Gasteiger charge is -2.31. The number of likely N-dealkylation sites (tertiary alicyclic amines) is 1. The molecule has 1 saturated heterocycles. The number of hydrogen-bond donors (Lipinski definition) is 1. The molecule has 5 heteroatoms. The molecule has 94 valence electrons. The third-order valence-corrected chi connectivity index (χ3v) is 4.16. The summed E-state index contributed by atoms with van der Waals surface area (Å²) in [5.74, 6) is 1.34. The van der Waals surface area contributed by atoms with E-state index in [4.69, 9.17) is 10.5 Å². The van der Waals surface area contributed by atoms with Crippen LogP contribution in [0, 0.1) is 5.92 Å². The summed E-state index contributed by atoms with van der Waals surface area (Å²) in [6, 6.07) is 1.84. The molecule has 1 aromatic rings. The summed E-state index contributed by atoms with van der Waals surface area (Å²) in [5, 5.41) is 1.89. The Labute approximate surface area is 105 Å². The maximum absolute atomic E-state index is 12.3. The maximum Gasteiger partial charge on any atom is 0.267 e. The van der Waals surface area contributed by atoms with E-state index in [2.05, 4.69) is 0 Å². The van der Waals surface area contributed by atoms with Crippen LogP contribution in [0.3, 0.4) is 0 Å². The van der Waals surface area contributed by atoms with Crippen LogP contribution in [0.15, 0.2) is 11.4 Å². The third-order valence-electron chi connectivity index (χ3n) is 3.28. The molecule has 2 rings (SSSR count). The number of thiophene rings is 1. The van der Waals surface area contributed by atoms with Gasteiger partial charge in [0, 0.05) is 13.1 Å². The van der Waals surface area contributed by atoms with Gasteiger partial charge in [-0.25, -0.2) is 0 Å². The Kier molecular flexibility index (Phi) is 4.02. The van der Waals surface area contributed by atoms with Crippen molar-refractivity contribution in [2.45, 2.75) is 12.8 Å². The molecule has 0 aliphatic carbocycles. The molecule has 0 aromatic carbocycles. The van der Waals surface area contributed by atoms with Gasteiger partial charge in [-0.3, -0.25) is 4.79 Å². The highest BCUT2D eigenvalue weighted by atomic mass is 32.1. The number of nitrogens with two attached hydrogens (primary N) is 1. The molecular weight excluding hydrogens is 236 g/mol. The van der Waals surface area contributed by atoms with E-state index in [9.17, 15) is 4.79 Å². The molecular formula is C12H18N2O2S. The van der Waals surface area contributed by atoms with Gasteiger partial charge >= 0.3 is 0 Å². The first kappa shape index (κ1) is 12.4. The number of hydrogen-bond acceptors (Lipinski definition) is 4. The number of amides is 1. The second-order valence-electron chi connectivity index (χ2n) is 4.29. The van der Waals surface area contributed by atoms with Crippen molar-refractivity contribution >= 4 is 17.2 Å². The Morgan fingerprint density at radius 3 is 2.88 bits per heavy atom. The highest BCUT2D eigenvalue weighted by Crippen LogP contribution is 2.27. The number of nitrogens with zero attached hydrogens (tertiary/aromatic N) is 1. The third kappa shape index (κ3) is 2.61. The first-order valence-corrected chi connectivity index (χ1v) is 6.75. The monoisotopic (exact) mass is 254 g/mol. The van der Waals surface area contributed by atoms with E-state index in [1.54, 1.807) is 7.11 Å². The van der Waals surface area contributed by atoms with Gasteiger partial charge in [0.05, 0.1) is 7.11 Å². The fourth-order valence-corrected chi connectivity index (χ4v) is 2.95. The van der Waals surface area contributed by atoms with Gasteiger partial charge in [0.2, 0.25) is 0 Å². The summed E-state index contributed by atoms with van der Waals surface area (Å²) >= 11 is 1.44. The van der Waals surface area contributed by atoms with E-state index in [-0.39, 0.29) is 5.91 Å². The number of piperidine rings is 1. The highest BCUT2D eigenvalue weighted by Gasteiger charge is 2.25. The van der Waals surface area contributed by atoms with E-state index in [1.165, 1.54) is 11.3 Å². The first-order chi connectivity index (χ1) is 8.26. The molecule has 0 spiro atoms. The van der Waals surface area contributed by atoms with E-state index in [1.807, 2.05) is 16.3 Å². The molecule has 0 unspecified atom stereocenters. The Morgan fingerprint density at radius 1 is 1.59 bits per heavy atom. The van der Waals surface area contributed by atoms with Crippen LogP contribution in [0.25, 0.3) is 0 Å². The molecule has 1 amide bonds. The largest absolute Gasteiger partial charge is 0.495 e. The van der Waals surface area contributed by atoms with Crippen molar-refractivity contribution < 1.29 is 9.53 Å². The minimum Gasteiger partial charge on any atom is -0.495 e. The smallest absolute Gasteiger partial charge is 0.267 e. The molecule has 1 aliphatic rings. The Morgan fingerprint density at radius 2 is 2.29 bits per heavy atom. The van der Waals surface area contributed by atoms with Gasteiger partial charge in [-0.1, -0.05) is 0 Å². The van der Waals surface area contributed by atoms with Gasteiger partial charge in [0.25, 0.3) is 5.91 Å². The SMILES string of the molecule is COc1ccsc1C(=O)N1CCC(CN)CC1. The summed E-state index contributed by atoms with van der Waals surface area (Å²) in [6.07, 6.45) is 2.02. The predicted octanol–water partition coefficient (Wildman–Crippen LogP) is 1.57. The first-order valence-electron chi connectivity index (χ1n) is 5.87. The van der Waals surface area contributed by atoms with E-state index in [0.717, 1.165) is 32.5 Å². The molecule has 17 heavy (non-hydrogen) atoms. The quantitative estimate of drug-likeness (QED) is 0.890. The van der Waals surface area contributed by atoms with E-state index in [0.29, 0.717) is 16.5 Å². The Bertz CT molecular complexity index is 384. The molecule has 0 bridgehead atoms. The fourth-order valence-electron chi connectivity index (χ4n) is 2.13. The standard InChI is InChI=1S/C12H18N2O2S/c1-16-10-4-7-17-11(10)12(15)14-5-2-9(8-13)3-6-14/h4,7,9H,2-3,5-6,8,13H2,1H3. The minimum atomic E-state index is 0.0901. The topological polar surface area (TPSA) is 55.6 Å². The summed E-state index contributed by atoms with van der Waals surface area (Å²) in [5.41, 5.74) is 5.64. The van der Waals surface area contributed by atoms with Gasteiger partial charge in [0.1, 0.15) is 10.6 Å². The van der Waals surface area contributed by atoms with E-state index < -0.39 is 0 Å². The predicted molar refractivity (Wildman–Crippen MR) is 68.6 cm³/mol. The molecule has 4 nitrogen and oxygen atoms in total. The van der Waals surface area contributed by atoms with Crippen LogP contribution < -0.4 is 10.5 Å². The van der Waals surface area contributed by atoms with Crippen LogP contribution in [0.2, 0.25) is 0 Å². The lowest BCUT2D eigenvalue weighted by molar-refractivity contribution is 0.0695. The zero-order valence-corrected chi connectivity index (χ0v) is 10.8. The summed E-state index contributed by atoms with van der Waals surface area (Å²) < 4.78 is 5.18. The molecule has 0 saturated carbocycles. The fraction of sp³-hybridized carbons (Fsp3) is 0.583. The van der Waals surface area contributed by atoms with Crippen molar-refractivity contribution in [3.63, 3.8) is 0 Å². The molecule has 2 heterocycles. The van der Waals surface area contributed by atoms with E-state index >= 15 is 0 Å². The van der Waals surface area contributed by atoms with Crippen LogP contribution >= 0.6 is 11.3 Å². The van der Waals surface area contributed by atoms with Crippen molar-refractivity contribution in [2.24, 2.45) is 11.7 Å². The highest BCUT2D eigenvalue weighted by molar-refractivity contribution is 7.12.